The highest BCUT2D eigenvalue weighted by Crippen LogP contribution is 2.76. The van der Waals surface area contributed by atoms with Gasteiger partial charge in [-0.25, -0.2) is 0 Å². The Kier molecular flexibility index (Phi) is 4.32. The van der Waals surface area contributed by atoms with Crippen LogP contribution in [0.25, 0.3) is 0 Å². The fraction of sp³-hybridized carbons (Fsp3) is 0.760. The maximum absolute atomic E-state index is 13.0. The quantitative estimate of drug-likeness (QED) is 0.636. The predicted octanol–water partition coefficient (Wildman–Crippen LogP) is 4.84. The molecule has 5 rings (SSSR count). The van der Waals surface area contributed by atoms with E-state index in [2.05, 4.69) is 26.0 Å². The predicted molar refractivity (Wildman–Crippen MR) is 110 cm³/mol. The van der Waals surface area contributed by atoms with E-state index in [0.29, 0.717) is 29.6 Å². The molecule has 0 aromatic carbocycles. The molecule has 4 heteroatoms. The van der Waals surface area contributed by atoms with Crippen LogP contribution in [0, 0.1) is 40.9 Å². The molecule has 0 N–H and O–H groups in total. The first-order chi connectivity index (χ1) is 13.8. The average Bonchev–Trinajstić information content (AvgIpc) is 3.41. The van der Waals surface area contributed by atoms with Crippen LogP contribution >= 0.6 is 0 Å². The van der Waals surface area contributed by atoms with Crippen molar-refractivity contribution < 1.29 is 19.1 Å². The summed E-state index contributed by atoms with van der Waals surface area (Å²) in [6.45, 7) is 8.17. The second kappa shape index (κ2) is 6.46. The van der Waals surface area contributed by atoms with Gasteiger partial charge in [0.25, 0.3) is 0 Å². The molecule has 0 aromatic heterocycles. The molecule has 5 aliphatic rings. The van der Waals surface area contributed by atoms with E-state index < -0.39 is 5.60 Å². The molecule has 29 heavy (non-hydrogen) atoms. The van der Waals surface area contributed by atoms with Crippen molar-refractivity contribution in [2.75, 3.05) is 6.61 Å². The van der Waals surface area contributed by atoms with Gasteiger partial charge in [0.15, 0.2) is 11.4 Å². The van der Waals surface area contributed by atoms with Gasteiger partial charge >= 0.3 is 5.97 Å². The van der Waals surface area contributed by atoms with E-state index in [1.807, 2.05) is 0 Å². The van der Waals surface area contributed by atoms with Gasteiger partial charge in [0.1, 0.15) is 0 Å². The number of ether oxygens (including phenoxy) is 2. The van der Waals surface area contributed by atoms with Crippen LogP contribution in [0.4, 0.5) is 0 Å². The van der Waals surface area contributed by atoms with Gasteiger partial charge in [-0.3, -0.25) is 9.59 Å². The van der Waals surface area contributed by atoms with Crippen molar-refractivity contribution in [3.05, 3.63) is 23.5 Å². The smallest absolute Gasteiger partial charge is 0.303 e. The Morgan fingerprint density at radius 2 is 1.97 bits per heavy atom. The van der Waals surface area contributed by atoms with Crippen molar-refractivity contribution in [2.45, 2.75) is 71.8 Å². The minimum Gasteiger partial charge on any atom is -0.498 e. The Labute approximate surface area is 174 Å². The third-order valence-corrected chi connectivity index (χ3v) is 9.17. The summed E-state index contributed by atoms with van der Waals surface area (Å²) >= 11 is 0. The topological polar surface area (TPSA) is 52.6 Å². The van der Waals surface area contributed by atoms with Crippen molar-refractivity contribution in [1.82, 2.24) is 0 Å². The lowest BCUT2D eigenvalue weighted by Crippen LogP contribution is -2.59. The first kappa shape index (κ1) is 19.4. The van der Waals surface area contributed by atoms with Crippen molar-refractivity contribution in [3.8, 4) is 0 Å². The fourth-order valence-corrected chi connectivity index (χ4v) is 8.36. The highest BCUT2D eigenvalue weighted by atomic mass is 16.6. The third-order valence-electron chi connectivity index (χ3n) is 9.17. The molecule has 0 amide bonds. The molecule has 0 radical (unpaired) electrons. The summed E-state index contributed by atoms with van der Waals surface area (Å²) in [6, 6.07) is 0. The fourth-order valence-electron chi connectivity index (χ4n) is 8.36. The number of rotatable bonds is 4. The van der Waals surface area contributed by atoms with Crippen LogP contribution in [0.1, 0.15) is 66.2 Å². The van der Waals surface area contributed by atoms with Crippen LogP contribution in [-0.2, 0) is 19.1 Å². The number of allylic oxidation sites excluding steroid dienone is 4. The largest absolute Gasteiger partial charge is 0.498 e. The first-order valence-corrected chi connectivity index (χ1v) is 11.6. The summed E-state index contributed by atoms with van der Waals surface area (Å²) < 4.78 is 11.8. The number of Topliss-reactive ketones (excluding diaryl/α,β-unsaturated/α-hetero) is 1. The molecule has 0 bridgehead atoms. The second-order valence-corrected chi connectivity index (χ2v) is 10.3. The van der Waals surface area contributed by atoms with E-state index >= 15 is 0 Å². The first-order valence-electron chi connectivity index (χ1n) is 11.6. The normalized spacial score (nSPS) is 46.9. The van der Waals surface area contributed by atoms with Crippen LogP contribution in [-0.4, -0.2) is 24.0 Å². The van der Waals surface area contributed by atoms with E-state index in [-0.39, 0.29) is 23.1 Å². The molecular weight excluding hydrogens is 364 g/mol. The number of fused-ring (bicyclic) bond motifs is 7. The molecule has 0 aromatic rings. The van der Waals surface area contributed by atoms with Gasteiger partial charge in [-0.2, -0.15) is 0 Å². The van der Waals surface area contributed by atoms with E-state index in [1.165, 1.54) is 18.9 Å². The molecule has 5 aliphatic carbocycles. The standard InChI is InChI=1S/C25H34O4/c1-5-28-17-7-9-18-16(12-17)6-8-20-19(18)10-11-24(4)23(20)21-13-22(21)25(24,14(2)26)29-15(3)27/h6,12,18-23H,5,7-11,13H2,1-4H3/t18-,19+,20+,21+,22-,23+,24-,25+/m0/s1. The van der Waals surface area contributed by atoms with Crippen LogP contribution in [0.5, 0.6) is 0 Å². The summed E-state index contributed by atoms with van der Waals surface area (Å²) in [5.74, 6) is 4.10. The molecule has 3 saturated carbocycles. The van der Waals surface area contributed by atoms with E-state index in [1.54, 1.807) is 6.92 Å². The number of carbonyl (C=O) groups excluding carboxylic acids is 2. The van der Waals surface area contributed by atoms with Crippen LogP contribution < -0.4 is 0 Å². The van der Waals surface area contributed by atoms with Crippen molar-refractivity contribution in [3.63, 3.8) is 0 Å². The maximum atomic E-state index is 13.0. The van der Waals surface area contributed by atoms with Gasteiger partial charge in [0.05, 0.1) is 12.4 Å². The Hall–Kier alpha value is -1.58. The number of carbonyl (C=O) groups is 2. The van der Waals surface area contributed by atoms with Gasteiger partial charge in [-0.15, -0.1) is 0 Å². The summed E-state index contributed by atoms with van der Waals surface area (Å²) in [5, 5.41) is 0. The van der Waals surface area contributed by atoms with Crippen LogP contribution in [0.2, 0.25) is 0 Å². The lowest BCUT2D eigenvalue weighted by atomic mass is 9.49. The van der Waals surface area contributed by atoms with Crippen LogP contribution in [0.15, 0.2) is 23.5 Å². The number of ketones is 1. The lowest BCUT2D eigenvalue weighted by molar-refractivity contribution is -0.192. The molecule has 0 heterocycles. The Morgan fingerprint density at radius 1 is 1.17 bits per heavy atom. The molecule has 158 valence electrons. The zero-order valence-electron chi connectivity index (χ0n) is 18.2. The van der Waals surface area contributed by atoms with Gasteiger partial charge in [0.2, 0.25) is 0 Å². The van der Waals surface area contributed by atoms with Crippen molar-refractivity contribution in [2.24, 2.45) is 40.9 Å². The van der Waals surface area contributed by atoms with E-state index in [0.717, 1.165) is 44.5 Å². The molecule has 4 nitrogen and oxygen atoms in total. The Bertz CT molecular complexity index is 810. The summed E-state index contributed by atoms with van der Waals surface area (Å²) in [5.41, 5.74) is 0.372. The van der Waals surface area contributed by atoms with Gasteiger partial charge < -0.3 is 9.47 Å². The Balaban J connectivity index is 1.49. The summed E-state index contributed by atoms with van der Waals surface area (Å²) in [7, 11) is 0. The average molecular weight is 399 g/mol. The molecule has 0 spiro atoms. The van der Waals surface area contributed by atoms with E-state index in [9.17, 15) is 9.59 Å². The number of esters is 1. The van der Waals surface area contributed by atoms with Crippen molar-refractivity contribution in [1.29, 1.82) is 0 Å². The zero-order valence-corrected chi connectivity index (χ0v) is 18.2. The highest BCUT2D eigenvalue weighted by molar-refractivity contribution is 5.90. The van der Waals surface area contributed by atoms with Gasteiger partial charge in [-0.05, 0) is 87.2 Å². The Morgan fingerprint density at radius 3 is 2.66 bits per heavy atom. The zero-order chi connectivity index (χ0) is 20.6. The van der Waals surface area contributed by atoms with Gasteiger partial charge in [-0.1, -0.05) is 13.0 Å². The molecule has 3 fully saturated rings. The highest BCUT2D eigenvalue weighted by Gasteiger charge is 2.79. The molecule has 0 unspecified atom stereocenters. The summed E-state index contributed by atoms with van der Waals surface area (Å²) in [6.07, 6.45) is 11.2. The minimum atomic E-state index is -0.891. The van der Waals surface area contributed by atoms with E-state index in [4.69, 9.17) is 9.47 Å². The lowest BCUT2D eigenvalue weighted by Gasteiger charge is -2.56. The molecule has 0 saturated heterocycles. The number of hydrogen-bond acceptors (Lipinski definition) is 4. The monoisotopic (exact) mass is 398 g/mol. The maximum Gasteiger partial charge on any atom is 0.303 e. The minimum absolute atomic E-state index is 0.0673. The third kappa shape index (κ3) is 2.50. The van der Waals surface area contributed by atoms with Gasteiger partial charge in [0, 0.05) is 24.7 Å². The summed E-state index contributed by atoms with van der Waals surface area (Å²) in [4.78, 5) is 25.0. The molecule has 8 atom stereocenters. The second-order valence-electron chi connectivity index (χ2n) is 10.3. The molecule has 0 aliphatic heterocycles. The van der Waals surface area contributed by atoms with Crippen molar-refractivity contribution >= 4 is 11.8 Å². The SMILES string of the molecule is CCOC1=CC2=CC[C@@H]3[C@H](CC[C@@]4(C)[C@H]3[C@@H]3C[C@@H]3[C@]4(OC(C)=O)C(C)=O)[C@H]2CC1. The number of hydrogen-bond donors (Lipinski definition) is 0. The van der Waals surface area contributed by atoms with Crippen LogP contribution in [0.3, 0.4) is 0 Å². The molecular formula is C25H34O4.